The highest BCUT2D eigenvalue weighted by Crippen LogP contribution is 2.35. The van der Waals surface area contributed by atoms with Gasteiger partial charge < -0.3 is 15.6 Å². The molecule has 1 aromatic carbocycles. The van der Waals surface area contributed by atoms with Gasteiger partial charge in [-0.05, 0) is 6.07 Å². The topological polar surface area (TPSA) is 116 Å². The number of nitrogens with zero attached hydrogens (tertiary/aromatic N) is 1. The summed E-state index contributed by atoms with van der Waals surface area (Å²) in [6, 6.07) is 2.16. The molecule has 17 heavy (non-hydrogen) atoms. The average molecular weight is 261 g/mol. The van der Waals surface area contributed by atoms with Gasteiger partial charge in [-0.2, -0.15) is 0 Å². The summed E-state index contributed by atoms with van der Waals surface area (Å²) < 4.78 is 4.97. The zero-order valence-electron chi connectivity index (χ0n) is 8.55. The highest BCUT2D eigenvalue weighted by molar-refractivity contribution is 6.34. The first-order valence-electron chi connectivity index (χ1n) is 4.48. The van der Waals surface area contributed by atoms with Gasteiger partial charge in [-0.25, -0.2) is 0 Å². The molecular formula is C9H9ClN2O5. The van der Waals surface area contributed by atoms with Gasteiger partial charge in [0.2, 0.25) is 5.91 Å². The third kappa shape index (κ3) is 3.05. The molecule has 0 aliphatic rings. The fourth-order valence-corrected chi connectivity index (χ4v) is 1.35. The number of halogens is 1. The second-order valence-electron chi connectivity index (χ2n) is 3.00. The van der Waals surface area contributed by atoms with Crippen LogP contribution in [0.1, 0.15) is 10.4 Å². The lowest BCUT2D eigenvalue weighted by Gasteiger charge is -2.08. The minimum absolute atomic E-state index is 0.0660. The maximum absolute atomic E-state index is 11.0. The average Bonchev–Trinajstić information content (AvgIpc) is 2.26. The van der Waals surface area contributed by atoms with Crippen LogP contribution in [0.4, 0.5) is 5.69 Å². The lowest BCUT2D eigenvalue weighted by molar-refractivity contribution is -0.384. The lowest BCUT2D eigenvalue weighted by atomic mass is 10.2. The van der Waals surface area contributed by atoms with E-state index in [9.17, 15) is 14.9 Å². The SMILES string of the molecule is NC(=O)c1cc(OCCO)c(Cl)c([N+](=O)[O-])c1. The summed E-state index contributed by atoms with van der Waals surface area (Å²) in [7, 11) is 0. The molecule has 1 aromatic rings. The van der Waals surface area contributed by atoms with Crippen molar-refractivity contribution in [3.05, 3.63) is 32.8 Å². The minimum Gasteiger partial charge on any atom is -0.489 e. The van der Waals surface area contributed by atoms with Crippen molar-refractivity contribution in [2.24, 2.45) is 5.73 Å². The third-order valence-electron chi connectivity index (χ3n) is 1.85. The monoisotopic (exact) mass is 260 g/mol. The van der Waals surface area contributed by atoms with Crippen molar-refractivity contribution in [1.29, 1.82) is 0 Å². The van der Waals surface area contributed by atoms with E-state index in [2.05, 4.69) is 0 Å². The molecule has 0 heterocycles. The Balaban J connectivity index is 3.27. The van der Waals surface area contributed by atoms with Crippen LogP contribution in [-0.4, -0.2) is 29.2 Å². The number of hydrogen-bond acceptors (Lipinski definition) is 5. The Morgan fingerprint density at radius 2 is 2.24 bits per heavy atom. The van der Waals surface area contributed by atoms with Crippen molar-refractivity contribution in [2.45, 2.75) is 0 Å². The summed E-state index contributed by atoms with van der Waals surface area (Å²) in [5.74, 6) is -0.901. The lowest BCUT2D eigenvalue weighted by Crippen LogP contribution is -2.12. The van der Waals surface area contributed by atoms with Crippen LogP contribution in [0.2, 0.25) is 5.02 Å². The number of nitro benzene ring substituents is 1. The molecule has 0 saturated heterocycles. The number of ether oxygens (including phenoxy) is 1. The highest BCUT2D eigenvalue weighted by atomic mass is 35.5. The second-order valence-corrected chi connectivity index (χ2v) is 3.38. The summed E-state index contributed by atoms with van der Waals surface area (Å²) in [5, 5.41) is 19.0. The van der Waals surface area contributed by atoms with Gasteiger partial charge in [-0.3, -0.25) is 14.9 Å². The van der Waals surface area contributed by atoms with Crippen molar-refractivity contribution in [1.82, 2.24) is 0 Å². The van der Waals surface area contributed by atoms with Gasteiger partial charge in [0, 0.05) is 11.6 Å². The highest BCUT2D eigenvalue weighted by Gasteiger charge is 2.20. The number of nitrogens with two attached hydrogens (primary N) is 1. The van der Waals surface area contributed by atoms with E-state index in [-0.39, 0.29) is 29.5 Å². The Labute approximate surface area is 101 Å². The molecule has 0 spiro atoms. The first kappa shape index (κ1) is 13.2. The molecule has 0 unspecified atom stereocenters. The van der Waals surface area contributed by atoms with Crippen LogP contribution in [0.15, 0.2) is 12.1 Å². The van der Waals surface area contributed by atoms with E-state index < -0.39 is 16.5 Å². The fraction of sp³-hybridized carbons (Fsp3) is 0.222. The molecule has 0 bridgehead atoms. The zero-order chi connectivity index (χ0) is 13.0. The first-order valence-corrected chi connectivity index (χ1v) is 4.86. The van der Waals surface area contributed by atoms with E-state index in [0.717, 1.165) is 6.07 Å². The van der Waals surface area contributed by atoms with Gasteiger partial charge in [0.25, 0.3) is 5.69 Å². The number of carbonyl (C=O) groups excluding carboxylic acids is 1. The number of amides is 1. The van der Waals surface area contributed by atoms with Gasteiger partial charge in [0.1, 0.15) is 12.4 Å². The van der Waals surface area contributed by atoms with Crippen LogP contribution >= 0.6 is 11.6 Å². The number of primary amides is 1. The first-order chi connectivity index (χ1) is 7.97. The maximum atomic E-state index is 11.0. The van der Waals surface area contributed by atoms with Crippen LogP contribution in [0, 0.1) is 10.1 Å². The van der Waals surface area contributed by atoms with Crippen molar-refractivity contribution in [2.75, 3.05) is 13.2 Å². The molecule has 0 fully saturated rings. The number of rotatable bonds is 5. The van der Waals surface area contributed by atoms with Crippen molar-refractivity contribution >= 4 is 23.2 Å². The normalized spacial score (nSPS) is 10.0. The Morgan fingerprint density at radius 1 is 1.59 bits per heavy atom. The van der Waals surface area contributed by atoms with Gasteiger partial charge in [0.15, 0.2) is 5.02 Å². The standard InChI is InChI=1S/C9H9ClN2O5/c10-8-6(12(15)16)3-5(9(11)14)4-7(8)17-2-1-13/h3-4,13H,1-2H2,(H2,11,14). The van der Waals surface area contributed by atoms with E-state index in [1.807, 2.05) is 0 Å². The molecule has 0 aliphatic carbocycles. The smallest absolute Gasteiger partial charge is 0.292 e. The van der Waals surface area contributed by atoms with E-state index in [1.54, 1.807) is 0 Å². The number of hydrogen-bond donors (Lipinski definition) is 2. The van der Waals surface area contributed by atoms with Gasteiger partial charge in [-0.1, -0.05) is 11.6 Å². The molecule has 8 heteroatoms. The summed E-state index contributed by atoms with van der Waals surface area (Å²) in [4.78, 5) is 20.9. The van der Waals surface area contributed by atoms with Crippen LogP contribution < -0.4 is 10.5 Å². The zero-order valence-corrected chi connectivity index (χ0v) is 9.31. The Morgan fingerprint density at radius 3 is 2.71 bits per heavy atom. The van der Waals surface area contributed by atoms with Crippen LogP contribution in [0.5, 0.6) is 5.75 Å². The van der Waals surface area contributed by atoms with Crippen molar-refractivity contribution in [3.63, 3.8) is 0 Å². The minimum atomic E-state index is -0.835. The van der Waals surface area contributed by atoms with Crippen LogP contribution in [-0.2, 0) is 0 Å². The summed E-state index contributed by atoms with van der Waals surface area (Å²) in [5.41, 5.74) is 4.46. The largest absolute Gasteiger partial charge is 0.489 e. The van der Waals surface area contributed by atoms with Crippen molar-refractivity contribution < 1.29 is 19.6 Å². The predicted molar refractivity (Wildman–Crippen MR) is 59.2 cm³/mol. The molecule has 1 amide bonds. The van der Waals surface area contributed by atoms with E-state index in [1.165, 1.54) is 6.07 Å². The van der Waals surface area contributed by atoms with Gasteiger partial charge in [0.05, 0.1) is 11.5 Å². The summed E-state index contributed by atoms with van der Waals surface area (Å²) in [6.07, 6.45) is 0. The molecule has 0 saturated carbocycles. The summed E-state index contributed by atoms with van der Waals surface area (Å²) >= 11 is 5.72. The molecule has 92 valence electrons. The molecule has 0 atom stereocenters. The Kier molecular flexibility index (Phi) is 4.24. The second kappa shape index (κ2) is 5.46. The molecule has 0 aliphatic heterocycles. The molecular weight excluding hydrogens is 252 g/mol. The Hall–Kier alpha value is -1.86. The summed E-state index contributed by atoms with van der Waals surface area (Å²) in [6.45, 7) is -0.385. The molecule has 0 aromatic heterocycles. The maximum Gasteiger partial charge on any atom is 0.292 e. The molecule has 0 radical (unpaired) electrons. The Bertz CT molecular complexity index is 463. The van der Waals surface area contributed by atoms with Gasteiger partial charge in [-0.15, -0.1) is 0 Å². The van der Waals surface area contributed by atoms with Gasteiger partial charge >= 0.3 is 0 Å². The quantitative estimate of drug-likeness (QED) is 0.598. The van der Waals surface area contributed by atoms with Crippen LogP contribution in [0.3, 0.4) is 0 Å². The number of benzene rings is 1. The number of nitro groups is 1. The van der Waals surface area contributed by atoms with E-state index in [0.29, 0.717) is 0 Å². The van der Waals surface area contributed by atoms with Crippen molar-refractivity contribution in [3.8, 4) is 5.75 Å². The van der Waals surface area contributed by atoms with E-state index >= 15 is 0 Å². The van der Waals surface area contributed by atoms with Crippen LogP contribution in [0.25, 0.3) is 0 Å². The number of aliphatic hydroxyl groups excluding tert-OH is 1. The molecule has 1 rings (SSSR count). The third-order valence-corrected chi connectivity index (χ3v) is 2.23. The predicted octanol–water partition coefficient (Wildman–Crippen LogP) is 0.718. The van der Waals surface area contributed by atoms with E-state index in [4.69, 9.17) is 27.2 Å². The number of carbonyl (C=O) groups is 1. The fourth-order valence-electron chi connectivity index (χ4n) is 1.12. The molecule has 7 nitrogen and oxygen atoms in total. The number of aliphatic hydroxyl groups is 1. The molecule has 3 N–H and O–H groups in total.